The molecule has 9 heteroatoms. The molecule has 1 fully saturated rings. The van der Waals surface area contributed by atoms with Crippen molar-refractivity contribution < 1.29 is 13.2 Å². The maximum atomic E-state index is 12.6. The maximum Gasteiger partial charge on any atom is 0.253 e. The van der Waals surface area contributed by atoms with Crippen LogP contribution in [-0.4, -0.2) is 51.9 Å². The van der Waals surface area contributed by atoms with E-state index in [0.717, 1.165) is 25.9 Å². The van der Waals surface area contributed by atoms with Gasteiger partial charge in [-0.25, -0.2) is 13.1 Å². The molecule has 0 spiro atoms. The van der Waals surface area contributed by atoms with Crippen LogP contribution in [0.15, 0.2) is 17.0 Å². The zero-order valence-electron chi connectivity index (χ0n) is 15.2. The third-order valence-electron chi connectivity index (χ3n) is 4.29. The van der Waals surface area contributed by atoms with Gasteiger partial charge in [0.2, 0.25) is 10.0 Å². The van der Waals surface area contributed by atoms with Crippen LogP contribution in [0.4, 0.5) is 0 Å². The summed E-state index contributed by atoms with van der Waals surface area (Å²) in [6.07, 6.45) is 1.68. The van der Waals surface area contributed by atoms with Crippen molar-refractivity contribution in [3.05, 3.63) is 27.7 Å². The standard InChI is InChI=1S/C17H25Cl2N3O3S/c1-11(2)10-20-26(24,25)16-8-13(14(18)9-15(16)19)17(23)21-12-4-6-22(3)7-5-12/h8-9,11-12,20H,4-7,10H2,1-3H3,(H,21,23). The fourth-order valence-corrected chi connectivity index (χ4v) is 4.75. The first-order valence-corrected chi connectivity index (χ1v) is 10.8. The van der Waals surface area contributed by atoms with E-state index in [2.05, 4.69) is 14.9 Å². The van der Waals surface area contributed by atoms with E-state index >= 15 is 0 Å². The molecular formula is C17H25Cl2N3O3S. The van der Waals surface area contributed by atoms with Crippen LogP contribution < -0.4 is 10.0 Å². The summed E-state index contributed by atoms with van der Waals surface area (Å²) in [6.45, 7) is 5.87. The number of sulfonamides is 1. The predicted octanol–water partition coefficient (Wildman–Crippen LogP) is 2.75. The van der Waals surface area contributed by atoms with E-state index in [1.54, 1.807) is 0 Å². The molecule has 0 aromatic heterocycles. The second-order valence-corrected chi connectivity index (χ2v) is 9.61. The first-order chi connectivity index (χ1) is 12.1. The van der Waals surface area contributed by atoms with Crippen LogP contribution in [-0.2, 0) is 10.0 Å². The molecular weight excluding hydrogens is 397 g/mol. The molecule has 1 amide bonds. The Bertz CT molecular complexity index is 761. The lowest BCUT2D eigenvalue weighted by atomic mass is 10.0. The monoisotopic (exact) mass is 421 g/mol. The summed E-state index contributed by atoms with van der Waals surface area (Å²) < 4.78 is 27.5. The molecule has 0 bridgehead atoms. The molecule has 0 atom stereocenters. The highest BCUT2D eigenvalue weighted by Gasteiger charge is 2.25. The van der Waals surface area contributed by atoms with Crippen LogP contribution in [0.25, 0.3) is 0 Å². The smallest absolute Gasteiger partial charge is 0.253 e. The first-order valence-electron chi connectivity index (χ1n) is 8.58. The number of carbonyl (C=O) groups excluding carboxylic acids is 1. The fraction of sp³-hybridized carbons (Fsp3) is 0.588. The van der Waals surface area contributed by atoms with Gasteiger partial charge in [0.1, 0.15) is 4.90 Å². The van der Waals surface area contributed by atoms with Crippen molar-refractivity contribution in [3.63, 3.8) is 0 Å². The van der Waals surface area contributed by atoms with Crippen molar-refractivity contribution >= 4 is 39.1 Å². The van der Waals surface area contributed by atoms with Gasteiger partial charge in [-0.05, 0) is 51.0 Å². The lowest BCUT2D eigenvalue weighted by Crippen LogP contribution is -2.43. The van der Waals surface area contributed by atoms with Gasteiger partial charge in [0.15, 0.2) is 0 Å². The number of halogens is 2. The number of likely N-dealkylation sites (tertiary alicyclic amines) is 1. The molecule has 0 radical (unpaired) electrons. The maximum absolute atomic E-state index is 12.6. The largest absolute Gasteiger partial charge is 0.349 e. The Balaban J connectivity index is 2.22. The Kier molecular flexibility index (Phi) is 7.33. The Labute approximate surface area is 165 Å². The van der Waals surface area contributed by atoms with E-state index in [4.69, 9.17) is 23.2 Å². The van der Waals surface area contributed by atoms with E-state index in [0.29, 0.717) is 0 Å². The third kappa shape index (κ3) is 5.57. The average Bonchev–Trinajstić information content (AvgIpc) is 2.55. The topological polar surface area (TPSA) is 78.5 Å². The molecule has 1 aliphatic rings. The molecule has 0 aliphatic carbocycles. The summed E-state index contributed by atoms with van der Waals surface area (Å²) in [4.78, 5) is 14.7. The van der Waals surface area contributed by atoms with E-state index in [1.807, 2.05) is 20.9 Å². The molecule has 2 rings (SSSR count). The molecule has 2 N–H and O–H groups in total. The highest BCUT2D eigenvalue weighted by Crippen LogP contribution is 2.29. The lowest BCUT2D eigenvalue weighted by Gasteiger charge is -2.29. The first kappa shape index (κ1) is 21.4. The summed E-state index contributed by atoms with van der Waals surface area (Å²) in [7, 11) is -1.79. The van der Waals surface area contributed by atoms with E-state index < -0.39 is 10.0 Å². The zero-order valence-corrected chi connectivity index (χ0v) is 17.5. The summed E-state index contributed by atoms with van der Waals surface area (Å²) >= 11 is 12.2. The summed E-state index contributed by atoms with van der Waals surface area (Å²) in [5.74, 6) is -0.246. The van der Waals surface area contributed by atoms with Gasteiger partial charge in [-0.1, -0.05) is 37.0 Å². The normalized spacial score (nSPS) is 16.8. The summed E-state index contributed by atoms with van der Waals surface area (Å²) in [6, 6.07) is 2.60. The van der Waals surface area contributed by atoms with Crippen LogP contribution >= 0.6 is 23.2 Å². The third-order valence-corrected chi connectivity index (χ3v) is 6.49. The Morgan fingerprint density at radius 2 is 1.85 bits per heavy atom. The summed E-state index contributed by atoms with van der Waals surface area (Å²) in [5, 5.41) is 3.05. The van der Waals surface area contributed by atoms with Crippen LogP contribution in [0, 0.1) is 5.92 Å². The number of hydrogen-bond acceptors (Lipinski definition) is 4. The van der Waals surface area contributed by atoms with Gasteiger partial charge in [0.25, 0.3) is 5.91 Å². The Morgan fingerprint density at radius 1 is 1.23 bits per heavy atom. The van der Waals surface area contributed by atoms with Crippen LogP contribution in [0.3, 0.4) is 0 Å². The lowest BCUT2D eigenvalue weighted by molar-refractivity contribution is 0.0917. The molecule has 1 heterocycles. The van der Waals surface area contributed by atoms with E-state index in [9.17, 15) is 13.2 Å². The number of hydrogen-bond donors (Lipinski definition) is 2. The number of piperidine rings is 1. The molecule has 0 unspecified atom stereocenters. The van der Waals surface area contributed by atoms with Gasteiger partial charge in [-0.2, -0.15) is 0 Å². The SMILES string of the molecule is CC(C)CNS(=O)(=O)c1cc(C(=O)NC2CCN(C)CC2)c(Cl)cc1Cl. The minimum Gasteiger partial charge on any atom is -0.349 e. The van der Waals surface area contributed by atoms with Gasteiger partial charge in [-0.3, -0.25) is 4.79 Å². The quantitative estimate of drug-likeness (QED) is 0.739. The number of benzene rings is 1. The number of nitrogens with one attached hydrogen (secondary N) is 2. The van der Waals surface area contributed by atoms with Gasteiger partial charge < -0.3 is 10.2 Å². The van der Waals surface area contributed by atoms with E-state index in [1.165, 1.54) is 12.1 Å². The zero-order chi connectivity index (χ0) is 19.5. The number of amides is 1. The van der Waals surface area contributed by atoms with E-state index in [-0.39, 0.29) is 44.9 Å². The number of carbonyl (C=O) groups is 1. The minimum atomic E-state index is -3.83. The van der Waals surface area contributed by atoms with Crippen LogP contribution in [0.5, 0.6) is 0 Å². The Morgan fingerprint density at radius 3 is 2.42 bits per heavy atom. The van der Waals surface area contributed by atoms with Gasteiger partial charge in [0.05, 0.1) is 15.6 Å². The highest BCUT2D eigenvalue weighted by molar-refractivity contribution is 7.89. The molecule has 1 aromatic rings. The molecule has 1 aliphatic heterocycles. The molecule has 0 saturated carbocycles. The molecule has 6 nitrogen and oxygen atoms in total. The van der Waals surface area contributed by atoms with Crippen molar-refractivity contribution in [1.29, 1.82) is 0 Å². The van der Waals surface area contributed by atoms with Crippen molar-refractivity contribution in [2.24, 2.45) is 5.92 Å². The highest BCUT2D eigenvalue weighted by atomic mass is 35.5. The Hall–Kier alpha value is -0.860. The predicted molar refractivity (Wildman–Crippen MR) is 104 cm³/mol. The minimum absolute atomic E-state index is 0.0119. The van der Waals surface area contributed by atoms with Gasteiger partial charge in [-0.15, -0.1) is 0 Å². The second-order valence-electron chi connectivity index (χ2n) is 7.06. The molecule has 1 saturated heterocycles. The number of nitrogens with zero attached hydrogens (tertiary/aromatic N) is 1. The van der Waals surface area contributed by atoms with Crippen molar-refractivity contribution in [1.82, 2.24) is 14.9 Å². The molecule has 1 aromatic carbocycles. The fourth-order valence-electron chi connectivity index (χ4n) is 2.68. The second kappa shape index (κ2) is 8.89. The summed E-state index contributed by atoms with van der Waals surface area (Å²) in [5.41, 5.74) is 0.111. The van der Waals surface area contributed by atoms with Gasteiger partial charge in [0, 0.05) is 12.6 Å². The van der Waals surface area contributed by atoms with Crippen molar-refractivity contribution in [2.45, 2.75) is 37.6 Å². The molecule has 146 valence electrons. The van der Waals surface area contributed by atoms with Gasteiger partial charge >= 0.3 is 0 Å². The average molecular weight is 422 g/mol. The van der Waals surface area contributed by atoms with Crippen LogP contribution in [0.2, 0.25) is 10.0 Å². The number of rotatable bonds is 6. The molecule has 26 heavy (non-hydrogen) atoms. The van der Waals surface area contributed by atoms with Crippen molar-refractivity contribution in [2.75, 3.05) is 26.7 Å². The van der Waals surface area contributed by atoms with Crippen LogP contribution in [0.1, 0.15) is 37.0 Å². The van der Waals surface area contributed by atoms with Crippen molar-refractivity contribution in [3.8, 4) is 0 Å².